The molecule has 5 nitrogen and oxygen atoms in total. The topological polar surface area (TPSA) is 47.4 Å². The van der Waals surface area contributed by atoms with Gasteiger partial charge in [-0.2, -0.15) is 0 Å². The highest BCUT2D eigenvalue weighted by atomic mass is 79.9. The van der Waals surface area contributed by atoms with E-state index in [1.54, 1.807) is 11.1 Å². The van der Waals surface area contributed by atoms with E-state index in [1.165, 1.54) is 0 Å². The quantitative estimate of drug-likeness (QED) is 0.739. The van der Waals surface area contributed by atoms with Gasteiger partial charge in [0.1, 0.15) is 5.60 Å². The van der Waals surface area contributed by atoms with Crippen LogP contribution in [-0.4, -0.2) is 32.7 Å². The first kappa shape index (κ1) is 13.4. The molecule has 1 atom stereocenters. The molecular formula is C12H18BrN3O2. The van der Waals surface area contributed by atoms with Gasteiger partial charge in [0.25, 0.3) is 0 Å². The van der Waals surface area contributed by atoms with Crippen LogP contribution in [0.15, 0.2) is 10.9 Å². The molecule has 2 rings (SSSR count). The minimum atomic E-state index is -0.460. The first-order valence-electron chi connectivity index (χ1n) is 5.97. The number of fused-ring (bicyclic) bond motifs is 1. The van der Waals surface area contributed by atoms with E-state index >= 15 is 0 Å². The van der Waals surface area contributed by atoms with E-state index in [0.29, 0.717) is 13.1 Å². The number of ether oxygens (including phenoxy) is 1. The van der Waals surface area contributed by atoms with Crippen molar-refractivity contribution < 1.29 is 9.53 Å². The summed E-state index contributed by atoms with van der Waals surface area (Å²) in [5.74, 6) is 0. The first-order valence-corrected chi connectivity index (χ1v) is 6.77. The molecule has 0 aromatic carbocycles. The summed E-state index contributed by atoms with van der Waals surface area (Å²) in [7, 11) is 0. The highest BCUT2D eigenvalue weighted by molar-refractivity contribution is 9.10. The molecule has 0 fully saturated rings. The second-order valence-electron chi connectivity index (χ2n) is 5.60. The Morgan fingerprint density at radius 2 is 2.22 bits per heavy atom. The van der Waals surface area contributed by atoms with Crippen molar-refractivity contribution in [2.45, 2.75) is 45.9 Å². The standard InChI is InChI=1S/C12H18BrN3O2/c1-8-6-15(11(17)18-12(2,3)4)7-9-5-14-10(13)16(8)9/h5,8H,6-7H2,1-4H3/t8-/m1/s1. The fraction of sp³-hybridized carbons (Fsp3) is 0.667. The number of carbonyl (C=O) groups excluding carboxylic acids is 1. The molecule has 6 heteroatoms. The average Bonchev–Trinajstić information content (AvgIpc) is 2.58. The van der Waals surface area contributed by atoms with E-state index in [0.717, 1.165) is 10.4 Å². The summed E-state index contributed by atoms with van der Waals surface area (Å²) in [6, 6.07) is 0.193. The maximum absolute atomic E-state index is 12.0. The van der Waals surface area contributed by atoms with Crippen molar-refractivity contribution in [3.8, 4) is 0 Å². The number of amides is 1. The third kappa shape index (κ3) is 2.68. The van der Waals surface area contributed by atoms with Gasteiger partial charge in [0, 0.05) is 6.54 Å². The molecule has 1 amide bonds. The van der Waals surface area contributed by atoms with Crippen LogP contribution in [0.5, 0.6) is 0 Å². The van der Waals surface area contributed by atoms with Crippen LogP contribution in [0.3, 0.4) is 0 Å². The first-order chi connectivity index (χ1) is 8.28. The van der Waals surface area contributed by atoms with Gasteiger partial charge in [0.2, 0.25) is 0 Å². The van der Waals surface area contributed by atoms with Crippen molar-refractivity contribution in [3.63, 3.8) is 0 Å². The SMILES string of the molecule is C[C@@H]1CN(C(=O)OC(C)(C)C)Cc2cnc(Br)n21. The molecule has 1 aromatic rings. The zero-order valence-corrected chi connectivity index (χ0v) is 12.7. The van der Waals surface area contributed by atoms with Crippen LogP contribution in [0, 0.1) is 0 Å². The highest BCUT2D eigenvalue weighted by Crippen LogP contribution is 2.26. The van der Waals surface area contributed by atoms with E-state index < -0.39 is 5.60 Å². The van der Waals surface area contributed by atoms with Crippen LogP contribution in [0.25, 0.3) is 0 Å². The normalized spacial score (nSPS) is 19.6. The maximum atomic E-state index is 12.0. The number of hydrogen-bond donors (Lipinski definition) is 0. The van der Waals surface area contributed by atoms with Crippen LogP contribution in [0.4, 0.5) is 4.79 Å². The molecular weight excluding hydrogens is 298 g/mol. The van der Waals surface area contributed by atoms with Gasteiger partial charge in [-0.1, -0.05) is 0 Å². The van der Waals surface area contributed by atoms with E-state index in [-0.39, 0.29) is 12.1 Å². The minimum absolute atomic E-state index is 0.193. The zero-order valence-electron chi connectivity index (χ0n) is 11.1. The Labute approximate surface area is 115 Å². The highest BCUT2D eigenvalue weighted by Gasteiger charge is 2.30. The maximum Gasteiger partial charge on any atom is 0.410 e. The predicted molar refractivity (Wildman–Crippen MR) is 71.3 cm³/mol. The van der Waals surface area contributed by atoms with Crippen LogP contribution < -0.4 is 0 Å². The molecule has 1 aliphatic rings. The number of rotatable bonds is 0. The molecule has 0 bridgehead atoms. The van der Waals surface area contributed by atoms with Crippen molar-refractivity contribution in [1.82, 2.24) is 14.5 Å². The van der Waals surface area contributed by atoms with Gasteiger partial charge < -0.3 is 14.2 Å². The molecule has 0 N–H and O–H groups in total. The van der Waals surface area contributed by atoms with Crippen molar-refractivity contribution in [2.75, 3.05) is 6.54 Å². The molecule has 1 aliphatic heterocycles. The van der Waals surface area contributed by atoms with Gasteiger partial charge in [0.05, 0.1) is 24.5 Å². The molecule has 0 saturated heterocycles. The summed E-state index contributed by atoms with van der Waals surface area (Å²) in [5.41, 5.74) is 0.560. The van der Waals surface area contributed by atoms with Gasteiger partial charge in [-0.15, -0.1) is 0 Å². The number of halogens is 1. The molecule has 0 radical (unpaired) electrons. The molecule has 0 saturated carbocycles. The van der Waals surface area contributed by atoms with Crippen LogP contribution in [0.1, 0.15) is 39.4 Å². The van der Waals surface area contributed by atoms with E-state index in [1.807, 2.05) is 20.8 Å². The summed E-state index contributed by atoms with van der Waals surface area (Å²) in [5, 5.41) is 0. The van der Waals surface area contributed by atoms with Crippen LogP contribution in [0.2, 0.25) is 0 Å². The number of hydrogen-bond acceptors (Lipinski definition) is 3. The van der Waals surface area contributed by atoms with Crippen molar-refractivity contribution in [3.05, 3.63) is 16.6 Å². The number of nitrogens with zero attached hydrogens (tertiary/aromatic N) is 3. The van der Waals surface area contributed by atoms with Gasteiger partial charge in [-0.3, -0.25) is 0 Å². The summed E-state index contributed by atoms with van der Waals surface area (Å²) in [4.78, 5) is 18.0. The lowest BCUT2D eigenvalue weighted by atomic mass is 10.2. The largest absolute Gasteiger partial charge is 0.444 e. The van der Waals surface area contributed by atoms with E-state index in [2.05, 4.69) is 32.4 Å². The van der Waals surface area contributed by atoms with E-state index in [4.69, 9.17) is 4.74 Å². The Morgan fingerprint density at radius 3 is 2.83 bits per heavy atom. The van der Waals surface area contributed by atoms with Crippen LogP contribution in [-0.2, 0) is 11.3 Å². The summed E-state index contributed by atoms with van der Waals surface area (Å²) in [6.45, 7) is 8.86. The van der Waals surface area contributed by atoms with Crippen molar-refractivity contribution in [1.29, 1.82) is 0 Å². The Bertz CT molecular complexity index is 464. The molecule has 18 heavy (non-hydrogen) atoms. The number of aromatic nitrogens is 2. The number of carbonyl (C=O) groups is 1. The second kappa shape index (κ2) is 4.57. The molecule has 0 spiro atoms. The molecule has 2 heterocycles. The summed E-state index contributed by atoms with van der Waals surface area (Å²) in [6.07, 6.45) is 1.52. The fourth-order valence-electron chi connectivity index (χ4n) is 2.08. The Morgan fingerprint density at radius 1 is 1.56 bits per heavy atom. The van der Waals surface area contributed by atoms with Crippen LogP contribution >= 0.6 is 15.9 Å². The molecule has 0 unspecified atom stereocenters. The lowest BCUT2D eigenvalue weighted by molar-refractivity contribution is 0.0172. The van der Waals surface area contributed by atoms with Gasteiger partial charge >= 0.3 is 6.09 Å². The van der Waals surface area contributed by atoms with Crippen molar-refractivity contribution in [2.24, 2.45) is 0 Å². The Hall–Kier alpha value is -1.04. The fourth-order valence-corrected chi connectivity index (χ4v) is 2.76. The second-order valence-corrected chi connectivity index (χ2v) is 6.31. The third-order valence-corrected chi connectivity index (χ3v) is 3.35. The van der Waals surface area contributed by atoms with E-state index in [9.17, 15) is 4.79 Å². The molecule has 100 valence electrons. The molecule has 1 aromatic heterocycles. The zero-order chi connectivity index (χ0) is 13.5. The summed E-state index contributed by atoms with van der Waals surface area (Å²) >= 11 is 3.42. The molecule has 0 aliphatic carbocycles. The van der Waals surface area contributed by atoms with Crippen molar-refractivity contribution >= 4 is 22.0 Å². The minimum Gasteiger partial charge on any atom is -0.444 e. The lowest BCUT2D eigenvalue weighted by Gasteiger charge is -2.34. The third-order valence-electron chi connectivity index (χ3n) is 2.76. The van der Waals surface area contributed by atoms with Gasteiger partial charge in [-0.05, 0) is 43.6 Å². The lowest BCUT2D eigenvalue weighted by Crippen LogP contribution is -2.42. The number of imidazole rings is 1. The summed E-state index contributed by atoms with van der Waals surface area (Å²) < 4.78 is 8.30. The van der Waals surface area contributed by atoms with Gasteiger partial charge in [-0.25, -0.2) is 9.78 Å². The monoisotopic (exact) mass is 315 g/mol. The smallest absolute Gasteiger partial charge is 0.410 e. The predicted octanol–water partition coefficient (Wildman–Crippen LogP) is 2.96. The average molecular weight is 316 g/mol. The van der Waals surface area contributed by atoms with Gasteiger partial charge in [0.15, 0.2) is 4.73 Å². The Balaban J connectivity index is 2.14. The Kier molecular flexibility index (Phi) is 3.40.